The predicted molar refractivity (Wildman–Crippen MR) is 159 cm³/mol. The molecule has 1 aliphatic rings. The Morgan fingerprint density at radius 3 is 2.74 bits per heavy atom. The van der Waals surface area contributed by atoms with E-state index in [1.807, 2.05) is 54.7 Å². The maximum Gasteiger partial charge on any atom is 0.229 e. The number of anilines is 2. The average Bonchev–Trinajstić information content (AvgIpc) is 3.73. The van der Waals surface area contributed by atoms with Gasteiger partial charge in [0.25, 0.3) is 0 Å². The monoisotopic (exact) mass is 539 g/mol. The van der Waals surface area contributed by atoms with Crippen LogP contribution in [-0.4, -0.2) is 51.9 Å². The van der Waals surface area contributed by atoms with Gasteiger partial charge in [0, 0.05) is 40.5 Å². The average molecular weight is 540 g/mol. The van der Waals surface area contributed by atoms with Crippen LogP contribution in [-0.2, 0) is 0 Å². The van der Waals surface area contributed by atoms with E-state index < -0.39 is 0 Å². The number of hydrogen-bond donors (Lipinski definition) is 2. The summed E-state index contributed by atoms with van der Waals surface area (Å²) in [5.74, 6) is 1.59. The number of likely N-dealkylation sites (tertiary alicyclic amines) is 1. The van der Waals surface area contributed by atoms with Gasteiger partial charge in [0.05, 0.1) is 10.6 Å². The lowest BCUT2D eigenvalue weighted by Crippen LogP contribution is -2.25. The van der Waals surface area contributed by atoms with Gasteiger partial charge in [-0.2, -0.15) is 4.98 Å². The molecule has 0 bridgehead atoms. The van der Waals surface area contributed by atoms with Crippen molar-refractivity contribution in [2.75, 3.05) is 31.6 Å². The Bertz CT molecular complexity index is 1580. The summed E-state index contributed by atoms with van der Waals surface area (Å²) in [6, 6.07) is 18.1. The van der Waals surface area contributed by atoms with E-state index >= 15 is 0 Å². The molecule has 0 atom stereocenters. The quantitative estimate of drug-likeness (QED) is 0.170. The number of aromatic amines is 1. The highest BCUT2D eigenvalue weighted by Crippen LogP contribution is 2.37. The number of unbranched alkanes of at least 4 members (excludes halogenated alkanes) is 1. The smallest absolute Gasteiger partial charge is 0.229 e. The van der Waals surface area contributed by atoms with Crippen LogP contribution in [0.1, 0.15) is 49.4 Å². The molecule has 39 heavy (non-hydrogen) atoms. The second-order valence-corrected chi connectivity index (χ2v) is 11.2. The highest BCUT2D eigenvalue weighted by Gasteiger charge is 2.15. The molecule has 8 heteroatoms. The number of hydrogen-bond acceptors (Lipinski definition) is 7. The van der Waals surface area contributed by atoms with Crippen molar-refractivity contribution in [2.45, 2.75) is 39.0 Å². The molecule has 0 aliphatic carbocycles. The minimum absolute atomic E-state index is 0.205. The van der Waals surface area contributed by atoms with Gasteiger partial charge in [0.1, 0.15) is 18.0 Å². The molecule has 1 saturated heterocycles. The first-order chi connectivity index (χ1) is 19.2. The number of ketones is 1. The Morgan fingerprint density at radius 2 is 1.92 bits per heavy atom. The number of nitrogens with one attached hydrogen (secondary N) is 2. The Hall–Kier alpha value is -3.75. The number of carbonyl (C=O) groups excluding carboxylic acids is 1. The molecule has 0 spiro atoms. The fourth-order valence-electron chi connectivity index (χ4n) is 5.06. The molecule has 3 aromatic heterocycles. The SMILES string of the molecule is CCCCC(=O)c1ccc2sc(-c3nc(Nc4ccc(OCCN5CCCC5)cc4)nc4[nH]ccc34)cc2c1. The standard InChI is InChI=1S/C31H33N5O2S/c1-2-3-6-26(37)21-7-12-27-22(19-21)20-28(39-27)29-25-13-14-32-30(25)35-31(34-29)33-23-8-10-24(11-9-23)38-18-17-36-15-4-5-16-36/h7-14,19-20H,2-6,15-18H2,1H3,(H2,32,33,34,35). The fourth-order valence-corrected chi connectivity index (χ4v) is 6.11. The van der Waals surface area contributed by atoms with Gasteiger partial charge in [-0.15, -0.1) is 11.3 Å². The zero-order chi connectivity index (χ0) is 26.6. The van der Waals surface area contributed by atoms with Crippen LogP contribution in [0.2, 0.25) is 0 Å². The molecule has 0 saturated carbocycles. The van der Waals surface area contributed by atoms with Crippen molar-refractivity contribution >= 4 is 49.9 Å². The van der Waals surface area contributed by atoms with E-state index in [1.54, 1.807) is 11.3 Å². The molecule has 6 rings (SSSR count). The first-order valence-corrected chi connectivity index (χ1v) is 14.6. The summed E-state index contributed by atoms with van der Waals surface area (Å²) < 4.78 is 7.08. The molecule has 0 radical (unpaired) electrons. The van der Waals surface area contributed by atoms with Crippen molar-refractivity contribution in [2.24, 2.45) is 0 Å². The predicted octanol–water partition coefficient (Wildman–Crippen LogP) is 7.43. The van der Waals surface area contributed by atoms with E-state index in [4.69, 9.17) is 14.7 Å². The van der Waals surface area contributed by atoms with Crippen molar-refractivity contribution in [3.8, 4) is 16.3 Å². The summed E-state index contributed by atoms with van der Waals surface area (Å²) in [7, 11) is 0. The molecule has 2 aromatic carbocycles. The minimum atomic E-state index is 0.205. The number of aromatic nitrogens is 3. The lowest BCUT2D eigenvalue weighted by molar-refractivity contribution is 0.0980. The van der Waals surface area contributed by atoms with Crippen LogP contribution in [0.15, 0.2) is 60.8 Å². The van der Waals surface area contributed by atoms with Crippen LogP contribution in [0, 0.1) is 0 Å². The zero-order valence-corrected chi connectivity index (χ0v) is 23.0. The van der Waals surface area contributed by atoms with E-state index in [-0.39, 0.29) is 5.78 Å². The number of carbonyl (C=O) groups is 1. The number of rotatable bonds is 11. The maximum atomic E-state index is 12.6. The molecule has 5 aromatic rings. The Morgan fingerprint density at radius 1 is 1.08 bits per heavy atom. The van der Waals surface area contributed by atoms with Crippen LogP contribution in [0.3, 0.4) is 0 Å². The van der Waals surface area contributed by atoms with Crippen molar-refractivity contribution in [3.63, 3.8) is 0 Å². The Labute approximate surface area is 232 Å². The zero-order valence-electron chi connectivity index (χ0n) is 22.2. The third kappa shape index (κ3) is 5.82. The molecule has 0 amide bonds. The third-order valence-corrected chi connectivity index (χ3v) is 8.35. The number of benzene rings is 2. The van der Waals surface area contributed by atoms with E-state index in [9.17, 15) is 4.79 Å². The molecule has 1 aliphatic heterocycles. The van der Waals surface area contributed by atoms with E-state index in [0.717, 1.165) is 68.1 Å². The summed E-state index contributed by atoms with van der Waals surface area (Å²) in [4.78, 5) is 28.9. The molecular weight excluding hydrogens is 506 g/mol. The lowest BCUT2D eigenvalue weighted by atomic mass is 10.0. The lowest BCUT2D eigenvalue weighted by Gasteiger charge is -2.15. The summed E-state index contributed by atoms with van der Waals surface area (Å²) >= 11 is 1.68. The first-order valence-electron chi connectivity index (χ1n) is 13.8. The van der Waals surface area contributed by atoms with Gasteiger partial charge in [0.2, 0.25) is 5.95 Å². The maximum absolute atomic E-state index is 12.6. The van der Waals surface area contributed by atoms with Gasteiger partial charge < -0.3 is 15.0 Å². The van der Waals surface area contributed by atoms with Crippen molar-refractivity contribution < 1.29 is 9.53 Å². The molecule has 200 valence electrons. The summed E-state index contributed by atoms with van der Waals surface area (Å²) in [6.45, 7) is 6.14. The molecule has 7 nitrogen and oxygen atoms in total. The minimum Gasteiger partial charge on any atom is -0.492 e. The normalized spacial score (nSPS) is 13.9. The Balaban J connectivity index is 1.20. The number of H-pyrrole nitrogens is 1. The van der Waals surface area contributed by atoms with E-state index in [1.165, 1.54) is 25.9 Å². The van der Waals surface area contributed by atoms with Gasteiger partial charge in [-0.25, -0.2) is 4.98 Å². The van der Waals surface area contributed by atoms with Crippen LogP contribution >= 0.6 is 11.3 Å². The van der Waals surface area contributed by atoms with Crippen LogP contribution in [0.5, 0.6) is 5.75 Å². The van der Waals surface area contributed by atoms with E-state index in [0.29, 0.717) is 19.0 Å². The number of Topliss-reactive ketones (excluding diaryl/α,β-unsaturated/α-hetero) is 1. The molecule has 2 N–H and O–H groups in total. The van der Waals surface area contributed by atoms with Gasteiger partial charge in [-0.05, 0) is 92.3 Å². The fraction of sp³-hybridized carbons (Fsp3) is 0.323. The second kappa shape index (κ2) is 11.6. The van der Waals surface area contributed by atoms with Gasteiger partial charge in [-0.1, -0.05) is 13.3 Å². The molecular formula is C31H33N5O2S. The van der Waals surface area contributed by atoms with Crippen molar-refractivity contribution in [1.29, 1.82) is 0 Å². The summed E-state index contributed by atoms with van der Waals surface area (Å²) in [5, 5.41) is 5.39. The summed E-state index contributed by atoms with van der Waals surface area (Å²) in [6.07, 6.45) is 7.01. The van der Waals surface area contributed by atoms with Crippen molar-refractivity contribution in [1.82, 2.24) is 19.9 Å². The van der Waals surface area contributed by atoms with Gasteiger partial charge in [-0.3, -0.25) is 9.69 Å². The van der Waals surface area contributed by atoms with Gasteiger partial charge >= 0.3 is 0 Å². The topological polar surface area (TPSA) is 83.1 Å². The van der Waals surface area contributed by atoms with Crippen LogP contribution in [0.25, 0.3) is 31.7 Å². The number of ether oxygens (including phenoxy) is 1. The van der Waals surface area contributed by atoms with Crippen LogP contribution < -0.4 is 10.1 Å². The van der Waals surface area contributed by atoms with E-state index in [2.05, 4.69) is 28.2 Å². The highest BCUT2D eigenvalue weighted by atomic mass is 32.1. The third-order valence-electron chi connectivity index (χ3n) is 7.23. The Kier molecular flexibility index (Phi) is 7.56. The summed E-state index contributed by atoms with van der Waals surface area (Å²) in [5.41, 5.74) is 3.31. The molecule has 0 unspecified atom stereocenters. The number of fused-ring (bicyclic) bond motifs is 2. The van der Waals surface area contributed by atoms with Gasteiger partial charge in [0.15, 0.2) is 5.78 Å². The number of thiophene rings is 1. The second-order valence-electron chi connectivity index (χ2n) is 10.1. The largest absolute Gasteiger partial charge is 0.492 e. The van der Waals surface area contributed by atoms with Crippen molar-refractivity contribution in [3.05, 3.63) is 66.4 Å². The number of nitrogens with zero attached hydrogens (tertiary/aromatic N) is 3. The highest BCUT2D eigenvalue weighted by molar-refractivity contribution is 7.22. The van der Waals surface area contributed by atoms with Crippen LogP contribution in [0.4, 0.5) is 11.6 Å². The molecule has 4 heterocycles. The first kappa shape index (κ1) is 25.5. The molecule has 1 fully saturated rings.